The van der Waals surface area contributed by atoms with Crippen molar-refractivity contribution in [3.8, 4) is 0 Å². The Morgan fingerprint density at radius 2 is 2.17 bits per heavy atom. The molecule has 18 heavy (non-hydrogen) atoms. The number of hydrogen-bond donors (Lipinski definition) is 1. The van der Waals surface area contributed by atoms with E-state index in [4.69, 9.17) is 4.74 Å². The topological polar surface area (TPSA) is 112 Å². The molecule has 8 nitrogen and oxygen atoms in total. The monoisotopic (exact) mass is 256 g/mol. The molecule has 0 fully saturated rings. The number of rotatable bonds is 5. The Bertz CT molecular complexity index is 465. The Kier molecular flexibility index (Phi) is 4.41. The Balaban J connectivity index is 2.50. The third kappa shape index (κ3) is 3.89. The molecule has 0 bridgehead atoms. The van der Waals surface area contributed by atoms with Crippen LogP contribution in [0, 0.1) is 10.1 Å². The molecule has 1 N–H and O–H groups in total. The summed E-state index contributed by atoms with van der Waals surface area (Å²) in [4.78, 5) is 32.1. The lowest BCUT2D eigenvalue weighted by molar-refractivity contribution is -0.402. The molecule has 98 valence electrons. The lowest BCUT2D eigenvalue weighted by Crippen LogP contribution is -2.31. The summed E-state index contributed by atoms with van der Waals surface area (Å²) in [5, 5.41) is 12.6. The van der Waals surface area contributed by atoms with Crippen LogP contribution in [0.1, 0.15) is 24.4 Å². The largest absolute Gasteiger partial charge is 0.462 e. The van der Waals surface area contributed by atoms with Crippen molar-refractivity contribution < 1.29 is 23.7 Å². The number of nitrogens with one attached hydrogen (secondary N) is 1. The number of hydrogen-bond acceptors (Lipinski definition) is 6. The SMILES string of the molecule is CC(C)OC(=O)CNC(=O)c1ccc([N+](=O)[O-])o1. The number of carbonyl (C=O) groups excluding carboxylic acids is 2. The first-order valence-electron chi connectivity index (χ1n) is 5.12. The van der Waals surface area contributed by atoms with Crippen LogP contribution >= 0.6 is 0 Å². The molecule has 1 heterocycles. The van der Waals surface area contributed by atoms with Gasteiger partial charge in [0.05, 0.1) is 12.2 Å². The Labute approximate surface area is 102 Å². The van der Waals surface area contributed by atoms with E-state index in [1.165, 1.54) is 0 Å². The molecule has 0 saturated carbocycles. The Morgan fingerprint density at radius 1 is 1.50 bits per heavy atom. The van der Waals surface area contributed by atoms with Gasteiger partial charge in [-0.1, -0.05) is 0 Å². The highest BCUT2D eigenvalue weighted by molar-refractivity contribution is 5.93. The first-order chi connectivity index (χ1) is 8.40. The standard InChI is InChI=1S/C10H12N2O6/c1-6(2)17-9(13)5-11-10(14)7-3-4-8(18-7)12(15)16/h3-4,6H,5H2,1-2H3,(H,11,14). The minimum Gasteiger partial charge on any atom is -0.462 e. The minimum atomic E-state index is -0.760. The lowest BCUT2D eigenvalue weighted by Gasteiger charge is -2.07. The van der Waals surface area contributed by atoms with Gasteiger partial charge in [0.15, 0.2) is 5.76 Å². The van der Waals surface area contributed by atoms with Gasteiger partial charge in [0.2, 0.25) is 0 Å². The molecule has 0 aliphatic heterocycles. The van der Waals surface area contributed by atoms with Gasteiger partial charge in [0, 0.05) is 0 Å². The number of furan rings is 1. The van der Waals surface area contributed by atoms with E-state index in [0.29, 0.717) is 0 Å². The predicted octanol–water partition coefficient (Wildman–Crippen LogP) is 0.869. The van der Waals surface area contributed by atoms with Crippen LogP contribution in [0.2, 0.25) is 0 Å². The summed E-state index contributed by atoms with van der Waals surface area (Å²) in [5.41, 5.74) is 0. The zero-order valence-electron chi connectivity index (χ0n) is 9.84. The van der Waals surface area contributed by atoms with Gasteiger partial charge in [-0.05, 0) is 19.9 Å². The van der Waals surface area contributed by atoms with Crippen LogP contribution in [0.4, 0.5) is 5.88 Å². The van der Waals surface area contributed by atoms with E-state index in [-0.39, 0.29) is 18.4 Å². The van der Waals surface area contributed by atoms with Crippen molar-refractivity contribution in [2.75, 3.05) is 6.54 Å². The smallest absolute Gasteiger partial charge is 0.433 e. The molecule has 1 rings (SSSR count). The van der Waals surface area contributed by atoms with E-state index in [2.05, 4.69) is 9.73 Å². The first kappa shape index (κ1) is 13.7. The zero-order chi connectivity index (χ0) is 13.7. The molecule has 0 aliphatic rings. The van der Waals surface area contributed by atoms with E-state index < -0.39 is 22.7 Å². The normalized spacial score (nSPS) is 10.2. The van der Waals surface area contributed by atoms with Crippen molar-refractivity contribution in [1.82, 2.24) is 5.32 Å². The van der Waals surface area contributed by atoms with Gasteiger partial charge in [-0.3, -0.25) is 19.7 Å². The summed E-state index contributed by atoms with van der Waals surface area (Å²) >= 11 is 0. The highest BCUT2D eigenvalue weighted by Gasteiger charge is 2.18. The van der Waals surface area contributed by atoms with Gasteiger partial charge in [-0.25, -0.2) is 0 Å². The van der Waals surface area contributed by atoms with Crippen molar-refractivity contribution in [1.29, 1.82) is 0 Å². The molecule has 1 amide bonds. The minimum absolute atomic E-state index is 0.237. The molecule has 0 spiro atoms. The highest BCUT2D eigenvalue weighted by atomic mass is 16.6. The van der Waals surface area contributed by atoms with Gasteiger partial charge in [0.1, 0.15) is 11.5 Å². The van der Waals surface area contributed by atoms with Crippen molar-refractivity contribution in [3.05, 3.63) is 28.0 Å². The molecule has 0 aliphatic carbocycles. The molecule has 0 radical (unpaired) electrons. The Morgan fingerprint density at radius 3 is 2.67 bits per heavy atom. The van der Waals surface area contributed by atoms with Crippen molar-refractivity contribution in [2.24, 2.45) is 0 Å². The highest BCUT2D eigenvalue weighted by Crippen LogP contribution is 2.15. The van der Waals surface area contributed by atoms with Crippen molar-refractivity contribution in [3.63, 3.8) is 0 Å². The van der Waals surface area contributed by atoms with Crippen LogP contribution in [0.5, 0.6) is 0 Å². The lowest BCUT2D eigenvalue weighted by atomic mass is 10.4. The molecule has 0 unspecified atom stereocenters. The number of carbonyl (C=O) groups is 2. The molecular formula is C10H12N2O6. The second-order valence-electron chi connectivity index (χ2n) is 3.62. The number of esters is 1. The van der Waals surface area contributed by atoms with E-state index in [0.717, 1.165) is 12.1 Å². The summed E-state index contributed by atoms with van der Waals surface area (Å²) < 4.78 is 9.44. The van der Waals surface area contributed by atoms with Gasteiger partial charge in [0.25, 0.3) is 5.91 Å². The maximum atomic E-state index is 11.4. The number of ether oxygens (including phenoxy) is 1. The second kappa shape index (κ2) is 5.80. The van der Waals surface area contributed by atoms with E-state index in [1.54, 1.807) is 13.8 Å². The average Bonchev–Trinajstić information content (AvgIpc) is 2.74. The number of nitrogens with zero attached hydrogens (tertiary/aromatic N) is 1. The average molecular weight is 256 g/mol. The second-order valence-corrected chi connectivity index (χ2v) is 3.62. The summed E-state index contributed by atoms with van der Waals surface area (Å²) in [6.07, 6.45) is -0.279. The van der Waals surface area contributed by atoms with Crippen LogP contribution < -0.4 is 5.32 Å². The van der Waals surface area contributed by atoms with Gasteiger partial charge < -0.3 is 14.5 Å². The molecule has 1 aromatic heterocycles. The zero-order valence-corrected chi connectivity index (χ0v) is 9.84. The van der Waals surface area contributed by atoms with Gasteiger partial charge in [-0.2, -0.15) is 0 Å². The van der Waals surface area contributed by atoms with Crippen LogP contribution in [-0.2, 0) is 9.53 Å². The van der Waals surface area contributed by atoms with Crippen LogP contribution in [-0.4, -0.2) is 29.4 Å². The van der Waals surface area contributed by atoms with Crippen molar-refractivity contribution in [2.45, 2.75) is 20.0 Å². The fourth-order valence-electron chi connectivity index (χ4n) is 1.09. The molecule has 1 aromatic rings. The molecule has 8 heteroatoms. The molecular weight excluding hydrogens is 244 g/mol. The first-order valence-corrected chi connectivity index (χ1v) is 5.12. The van der Waals surface area contributed by atoms with E-state index >= 15 is 0 Å². The van der Waals surface area contributed by atoms with Crippen molar-refractivity contribution >= 4 is 17.8 Å². The predicted molar refractivity (Wildman–Crippen MR) is 58.9 cm³/mol. The Hall–Kier alpha value is -2.38. The summed E-state index contributed by atoms with van der Waals surface area (Å²) in [6, 6.07) is 2.21. The van der Waals surface area contributed by atoms with Gasteiger partial charge >= 0.3 is 11.9 Å². The molecule has 0 atom stereocenters. The summed E-state index contributed by atoms with van der Waals surface area (Å²) in [6.45, 7) is 3.02. The van der Waals surface area contributed by atoms with E-state index in [9.17, 15) is 19.7 Å². The van der Waals surface area contributed by atoms with Crippen LogP contribution in [0.3, 0.4) is 0 Å². The van der Waals surface area contributed by atoms with Gasteiger partial charge in [-0.15, -0.1) is 0 Å². The molecule has 0 saturated heterocycles. The third-order valence-corrected chi connectivity index (χ3v) is 1.76. The maximum absolute atomic E-state index is 11.4. The molecule has 0 aromatic carbocycles. The number of amides is 1. The third-order valence-electron chi connectivity index (χ3n) is 1.76. The van der Waals surface area contributed by atoms with E-state index in [1.807, 2.05) is 0 Å². The van der Waals surface area contributed by atoms with Crippen LogP contribution in [0.15, 0.2) is 16.5 Å². The van der Waals surface area contributed by atoms with Crippen LogP contribution in [0.25, 0.3) is 0 Å². The fourth-order valence-corrected chi connectivity index (χ4v) is 1.09. The summed E-state index contributed by atoms with van der Waals surface area (Å²) in [5.74, 6) is -2.09. The quantitative estimate of drug-likeness (QED) is 0.475. The maximum Gasteiger partial charge on any atom is 0.433 e. The fraction of sp³-hybridized carbons (Fsp3) is 0.400. The summed E-state index contributed by atoms with van der Waals surface area (Å²) in [7, 11) is 0. The number of nitro groups is 1.